The number of aliphatic hydroxyl groups is 1. The zero-order valence-electron chi connectivity index (χ0n) is 12.0. The second-order valence-electron chi connectivity index (χ2n) is 5.66. The van der Waals surface area contributed by atoms with Crippen LogP contribution in [0.3, 0.4) is 0 Å². The van der Waals surface area contributed by atoms with Crippen molar-refractivity contribution in [1.29, 1.82) is 0 Å². The van der Waals surface area contributed by atoms with Gasteiger partial charge < -0.3 is 20.5 Å². The molecule has 2 atom stereocenters. The van der Waals surface area contributed by atoms with E-state index in [0.717, 1.165) is 19.3 Å². The van der Waals surface area contributed by atoms with Crippen LogP contribution in [0.15, 0.2) is 18.2 Å². The number of amides is 1. The van der Waals surface area contributed by atoms with Crippen LogP contribution in [0.25, 0.3) is 0 Å². The molecule has 0 radical (unpaired) electrons. The van der Waals surface area contributed by atoms with Gasteiger partial charge in [0.05, 0.1) is 18.2 Å². The SMILES string of the molecule is Cl.O=C(Nc1ccc(OC2CCC2)c(F)c1)C1CC(O)CN1. The maximum atomic E-state index is 13.9. The van der Waals surface area contributed by atoms with Crippen molar-refractivity contribution in [3.8, 4) is 5.75 Å². The highest BCUT2D eigenvalue weighted by molar-refractivity contribution is 5.95. The van der Waals surface area contributed by atoms with Gasteiger partial charge in [0.1, 0.15) is 0 Å². The van der Waals surface area contributed by atoms with E-state index >= 15 is 0 Å². The van der Waals surface area contributed by atoms with Crippen molar-refractivity contribution in [2.45, 2.75) is 43.9 Å². The van der Waals surface area contributed by atoms with E-state index in [2.05, 4.69) is 10.6 Å². The highest BCUT2D eigenvalue weighted by Crippen LogP contribution is 2.28. The number of β-amino-alcohol motifs (C(OH)–C–C–N with tert-alkyl or cyclic N) is 1. The Hall–Kier alpha value is -1.37. The Kier molecular flexibility index (Phi) is 5.61. The van der Waals surface area contributed by atoms with Crippen molar-refractivity contribution in [3.05, 3.63) is 24.0 Å². The summed E-state index contributed by atoms with van der Waals surface area (Å²) in [5.74, 6) is -0.509. The number of carbonyl (C=O) groups is 1. The quantitative estimate of drug-likeness (QED) is 0.788. The lowest BCUT2D eigenvalue weighted by molar-refractivity contribution is -0.117. The molecule has 1 aromatic rings. The Bertz CT molecular complexity index is 540. The highest BCUT2D eigenvalue weighted by atomic mass is 35.5. The molecule has 7 heteroatoms. The molecule has 0 bridgehead atoms. The van der Waals surface area contributed by atoms with Crippen molar-refractivity contribution in [2.75, 3.05) is 11.9 Å². The summed E-state index contributed by atoms with van der Waals surface area (Å²) < 4.78 is 19.5. The average Bonchev–Trinajstić information content (AvgIpc) is 2.82. The van der Waals surface area contributed by atoms with Gasteiger partial charge >= 0.3 is 0 Å². The van der Waals surface area contributed by atoms with Crippen LogP contribution >= 0.6 is 12.4 Å². The van der Waals surface area contributed by atoms with Gasteiger partial charge in [-0.3, -0.25) is 4.79 Å². The molecular weight excluding hydrogens is 311 g/mol. The Morgan fingerprint density at radius 3 is 2.73 bits per heavy atom. The standard InChI is InChI=1S/C15H19FN2O3.ClH/c16-12-6-9(4-5-14(12)21-11-2-1-3-11)18-15(20)13-7-10(19)8-17-13;/h4-6,10-11,13,17,19H,1-3,7-8H2,(H,18,20);1H. The molecule has 0 aromatic heterocycles. The summed E-state index contributed by atoms with van der Waals surface area (Å²) >= 11 is 0. The number of hydrogen-bond acceptors (Lipinski definition) is 4. The second-order valence-corrected chi connectivity index (χ2v) is 5.66. The number of rotatable bonds is 4. The van der Waals surface area contributed by atoms with Crippen LogP contribution in [0.1, 0.15) is 25.7 Å². The van der Waals surface area contributed by atoms with Gasteiger partial charge in [0.2, 0.25) is 5.91 Å². The van der Waals surface area contributed by atoms with Crippen LogP contribution in [0.4, 0.5) is 10.1 Å². The topological polar surface area (TPSA) is 70.6 Å². The van der Waals surface area contributed by atoms with Crippen LogP contribution < -0.4 is 15.4 Å². The molecule has 1 aromatic carbocycles. The zero-order chi connectivity index (χ0) is 14.8. The first-order chi connectivity index (χ1) is 10.1. The molecule has 1 aliphatic heterocycles. The normalized spacial score (nSPS) is 24.3. The van der Waals surface area contributed by atoms with Crippen molar-refractivity contribution in [2.24, 2.45) is 0 Å². The predicted molar refractivity (Wildman–Crippen MR) is 83.0 cm³/mol. The molecule has 1 saturated carbocycles. The fourth-order valence-corrected chi connectivity index (χ4v) is 2.49. The van der Waals surface area contributed by atoms with Gasteiger partial charge in [0.25, 0.3) is 0 Å². The van der Waals surface area contributed by atoms with Crippen molar-refractivity contribution in [1.82, 2.24) is 5.32 Å². The molecule has 1 aliphatic carbocycles. The van der Waals surface area contributed by atoms with Gasteiger partial charge in [-0.25, -0.2) is 4.39 Å². The number of anilines is 1. The monoisotopic (exact) mass is 330 g/mol. The van der Waals surface area contributed by atoms with Crippen LogP contribution in [0.5, 0.6) is 5.75 Å². The maximum Gasteiger partial charge on any atom is 0.241 e. The van der Waals surface area contributed by atoms with Crippen LogP contribution in [0.2, 0.25) is 0 Å². The minimum absolute atomic E-state index is 0. The maximum absolute atomic E-state index is 13.9. The summed E-state index contributed by atoms with van der Waals surface area (Å²) in [5, 5.41) is 14.9. The third-order valence-corrected chi connectivity index (χ3v) is 3.97. The fourth-order valence-electron chi connectivity index (χ4n) is 2.49. The number of halogens is 2. The fraction of sp³-hybridized carbons (Fsp3) is 0.533. The predicted octanol–water partition coefficient (Wildman–Crippen LogP) is 1.84. The Balaban J connectivity index is 0.00000176. The van der Waals surface area contributed by atoms with E-state index in [9.17, 15) is 14.3 Å². The second kappa shape index (κ2) is 7.26. The third-order valence-electron chi connectivity index (χ3n) is 3.97. The summed E-state index contributed by atoms with van der Waals surface area (Å²) in [6.45, 7) is 0.403. The van der Waals surface area contributed by atoms with Gasteiger partial charge in [-0.2, -0.15) is 0 Å². The summed E-state index contributed by atoms with van der Waals surface area (Å²) in [6, 6.07) is 3.99. The summed E-state index contributed by atoms with van der Waals surface area (Å²) in [6.07, 6.45) is 3.04. The first-order valence-corrected chi connectivity index (χ1v) is 7.30. The van der Waals surface area contributed by atoms with Crippen molar-refractivity contribution < 1.29 is 19.0 Å². The molecule has 3 N–H and O–H groups in total. The van der Waals surface area contributed by atoms with Crippen LogP contribution in [-0.4, -0.2) is 35.8 Å². The van der Waals surface area contributed by atoms with E-state index in [0.29, 0.717) is 18.7 Å². The molecule has 1 saturated heterocycles. The van der Waals surface area contributed by atoms with Crippen molar-refractivity contribution in [3.63, 3.8) is 0 Å². The highest BCUT2D eigenvalue weighted by Gasteiger charge is 2.28. The number of carbonyl (C=O) groups excluding carboxylic acids is 1. The smallest absolute Gasteiger partial charge is 0.241 e. The third kappa shape index (κ3) is 3.88. The summed E-state index contributed by atoms with van der Waals surface area (Å²) in [4.78, 5) is 12.0. The average molecular weight is 331 g/mol. The molecule has 1 heterocycles. The van der Waals surface area contributed by atoms with Gasteiger partial charge in [-0.1, -0.05) is 0 Å². The number of ether oxygens (including phenoxy) is 1. The first kappa shape index (κ1) is 17.0. The molecule has 0 spiro atoms. The van der Waals surface area contributed by atoms with E-state index in [1.807, 2.05) is 0 Å². The van der Waals surface area contributed by atoms with Gasteiger partial charge in [-0.05, 0) is 37.8 Å². The number of hydrogen-bond donors (Lipinski definition) is 3. The van der Waals surface area contributed by atoms with Gasteiger partial charge in [0.15, 0.2) is 11.6 Å². The van der Waals surface area contributed by atoms with E-state index in [1.165, 1.54) is 6.07 Å². The summed E-state index contributed by atoms with van der Waals surface area (Å²) in [7, 11) is 0. The van der Waals surface area contributed by atoms with E-state index in [-0.39, 0.29) is 30.2 Å². The molecule has 5 nitrogen and oxygen atoms in total. The van der Waals surface area contributed by atoms with E-state index in [4.69, 9.17) is 4.74 Å². The van der Waals surface area contributed by atoms with Crippen LogP contribution in [0, 0.1) is 5.82 Å². The molecule has 122 valence electrons. The molecule has 2 fully saturated rings. The molecule has 2 unspecified atom stereocenters. The first-order valence-electron chi connectivity index (χ1n) is 7.30. The van der Waals surface area contributed by atoms with E-state index < -0.39 is 18.0 Å². The van der Waals surface area contributed by atoms with Crippen molar-refractivity contribution >= 4 is 24.0 Å². The molecule has 3 rings (SSSR count). The van der Waals surface area contributed by atoms with Gasteiger partial charge in [0, 0.05) is 18.3 Å². The molecule has 1 amide bonds. The number of aliphatic hydroxyl groups excluding tert-OH is 1. The molecular formula is C15H20ClFN2O3. The van der Waals surface area contributed by atoms with Gasteiger partial charge in [-0.15, -0.1) is 12.4 Å². The zero-order valence-corrected chi connectivity index (χ0v) is 12.9. The Labute approximate surface area is 134 Å². The molecule has 2 aliphatic rings. The Morgan fingerprint density at radius 2 is 2.18 bits per heavy atom. The Morgan fingerprint density at radius 1 is 1.41 bits per heavy atom. The number of nitrogens with one attached hydrogen (secondary N) is 2. The lowest BCUT2D eigenvalue weighted by Crippen LogP contribution is -2.35. The summed E-state index contributed by atoms with van der Waals surface area (Å²) in [5.41, 5.74) is 0.390. The minimum atomic E-state index is -0.504. The lowest BCUT2D eigenvalue weighted by Gasteiger charge is -2.26. The van der Waals surface area contributed by atoms with Crippen LogP contribution in [-0.2, 0) is 4.79 Å². The molecule has 22 heavy (non-hydrogen) atoms. The number of benzene rings is 1. The minimum Gasteiger partial charge on any atom is -0.487 e. The van der Waals surface area contributed by atoms with E-state index in [1.54, 1.807) is 12.1 Å². The largest absolute Gasteiger partial charge is 0.487 e. The lowest BCUT2D eigenvalue weighted by atomic mass is 9.96.